The quantitative estimate of drug-likeness (QED) is 0.677. The van der Waals surface area contributed by atoms with Crippen LogP contribution in [-0.2, 0) is 13.1 Å². The molecule has 2 aromatic heterocycles. The number of hydrogen-bond donors (Lipinski definition) is 1. The van der Waals surface area contributed by atoms with Crippen molar-refractivity contribution in [3.8, 4) is 0 Å². The topological polar surface area (TPSA) is 60.6 Å². The lowest BCUT2D eigenvalue weighted by Crippen LogP contribution is -2.19. The molecule has 92 valence electrons. The van der Waals surface area contributed by atoms with Gasteiger partial charge in [-0.1, -0.05) is 5.21 Å². The molecule has 1 N–H and O–H groups in total. The van der Waals surface area contributed by atoms with E-state index >= 15 is 0 Å². The number of aromatic nitrogens is 5. The lowest BCUT2D eigenvalue weighted by molar-refractivity contribution is 0.516. The minimum atomic E-state index is 0.925. The van der Waals surface area contributed by atoms with Gasteiger partial charge in [-0.25, -0.2) is 4.98 Å². The van der Waals surface area contributed by atoms with E-state index in [1.165, 1.54) is 0 Å². The van der Waals surface area contributed by atoms with Crippen molar-refractivity contribution in [2.45, 2.75) is 25.9 Å². The van der Waals surface area contributed by atoms with Crippen molar-refractivity contribution in [2.75, 3.05) is 13.1 Å². The van der Waals surface area contributed by atoms with E-state index in [-0.39, 0.29) is 0 Å². The molecule has 0 aromatic carbocycles. The smallest absolute Gasteiger partial charge is 0.0945 e. The van der Waals surface area contributed by atoms with Crippen LogP contribution in [0.2, 0.25) is 0 Å². The molecule has 0 unspecified atom stereocenters. The summed E-state index contributed by atoms with van der Waals surface area (Å²) in [6.45, 7) is 4.00. The van der Waals surface area contributed by atoms with Crippen LogP contribution >= 0.6 is 0 Å². The molecule has 6 heteroatoms. The lowest BCUT2D eigenvalue weighted by Gasteiger charge is -2.05. The summed E-state index contributed by atoms with van der Waals surface area (Å²) in [5, 5.41) is 11.1. The van der Waals surface area contributed by atoms with Crippen LogP contribution in [0.1, 0.15) is 12.8 Å². The van der Waals surface area contributed by atoms with Crippen LogP contribution in [0.5, 0.6) is 0 Å². The van der Waals surface area contributed by atoms with Crippen LogP contribution < -0.4 is 5.32 Å². The average molecular weight is 234 g/mol. The maximum atomic E-state index is 4.01. The zero-order valence-corrected chi connectivity index (χ0v) is 9.87. The average Bonchev–Trinajstić information content (AvgIpc) is 3.00. The predicted molar refractivity (Wildman–Crippen MR) is 64.4 cm³/mol. The molecule has 0 saturated carbocycles. The van der Waals surface area contributed by atoms with E-state index < -0.39 is 0 Å². The van der Waals surface area contributed by atoms with E-state index in [1.54, 1.807) is 6.20 Å². The molecule has 17 heavy (non-hydrogen) atoms. The Kier molecular flexibility index (Phi) is 4.71. The third kappa shape index (κ3) is 4.36. The van der Waals surface area contributed by atoms with Gasteiger partial charge in [-0.2, -0.15) is 0 Å². The second kappa shape index (κ2) is 6.80. The highest BCUT2D eigenvalue weighted by Gasteiger charge is 1.93. The fraction of sp³-hybridized carbons (Fsp3) is 0.545. The van der Waals surface area contributed by atoms with Crippen molar-refractivity contribution in [3.05, 3.63) is 31.1 Å². The number of hydrogen-bond acceptors (Lipinski definition) is 4. The van der Waals surface area contributed by atoms with Gasteiger partial charge in [0.15, 0.2) is 0 Å². The lowest BCUT2D eigenvalue weighted by atomic mass is 10.4. The Morgan fingerprint density at radius 1 is 1.00 bits per heavy atom. The van der Waals surface area contributed by atoms with Crippen molar-refractivity contribution < 1.29 is 0 Å². The number of aryl methyl sites for hydroxylation is 2. The molecule has 0 atom stereocenters. The van der Waals surface area contributed by atoms with E-state index in [0.717, 1.165) is 39.0 Å². The van der Waals surface area contributed by atoms with Crippen LogP contribution in [0, 0.1) is 0 Å². The SMILES string of the molecule is c1cn(CCCNCCCn2ccnn2)cn1. The van der Waals surface area contributed by atoms with Gasteiger partial charge in [-0.3, -0.25) is 4.68 Å². The van der Waals surface area contributed by atoms with Crippen LogP contribution in [0.4, 0.5) is 0 Å². The fourth-order valence-electron chi connectivity index (χ4n) is 1.65. The summed E-state index contributed by atoms with van der Waals surface area (Å²) < 4.78 is 3.95. The minimum Gasteiger partial charge on any atom is -0.337 e. The van der Waals surface area contributed by atoms with Gasteiger partial charge in [0.2, 0.25) is 0 Å². The zero-order valence-electron chi connectivity index (χ0n) is 9.87. The molecular formula is C11H18N6. The van der Waals surface area contributed by atoms with Crippen molar-refractivity contribution in [1.82, 2.24) is 29.9 Å². The molecule has 0 spiro atoms. The maximum absolute atomic E-state index is 4.01. The summed E-state index contributed by atoms with van der Waals surface area (Å²) in [5.74, 6) is 0. The molecular weight excluding hydrogens is 216 g/mol. The monoisotopic (exact) mass is 234 g/mol. The Labute approximate surface area is 101 Å². The molecule has 6 nitrogen and oxygen atoms in total. The summed E-state index contributed by atoms with van der Waals surface area (Å²) in [4.78, 5) is 4.01. The molecule has 0 bridgehead atoms. The standard InChI is InChI=1S/C11H18N6/c1(7-16-9-5-13-11-16)3-12-4-2-8-17-10-6-14-15-17/h5-6,9-12H,1-4,7-8H2. The fourth-order valence-corrected chi connectivity index (χ4v) is 1.65. The molecule has 2 rings (SSSR count). The molecule has 2 heterocycles. The van der Waals surface area contributed by atoms with E-state index in [1.807, 2.05) is 29.6 Å². The molecule has 0 aliphatic carbocycles. The number of nitrogens with zero attached hydrogens (tertiary/aromatic N) is 5. The number of imidazole rings is 1. The van der Waals surface area contributed by atoms with Crippen molar-refractivity contribution in [1.29, 1.82) is 0 Å². The van der Waals surface area contributed by atoms with Crippen LogP contribution in [0.25, 0.3) is 0 Å². The van der Waals surface area contributed by atoms with E-state index in [4.69, 9.17) is 0 Å². The number of rotatable bonds is 8. The Hall–Kier alpha value is -1.69. The largest absolute Gasteiger partial charge is 0.337 e. The first-order chi connectivity index (χ1) is 8.45. The van der Waals surface area contributed by atoms with Gasteiger partial charge < -0.3 is 9.88 Å². The molecule has 0 aliphatic heterocycles. The Morgan fingerprint density at radius 2 is 1.88 bits per heavy atom. The van der Waals surface area contributed by atoms with Gasteiger partial charge in [0.1, 0.15) is 0 Å². The third-order valence-corrected chi connectivity index (χ3v) is 2.54. The van der Waals surface area contributed by atoms with Crippen molar-refractivity contribution >= 4 is 0 Å². The Morgan fingerprint density at radius 3 is 2.59 bits per heavy atom. The first-order valence-electron chi connectivity index (χ1n) is 5.96. The van der Waals surface area contributed by atoms with E-state index in [2.05, 4.69) is 25.2 Å². The predicted octanol–water partition coefficient (Wildman–Crippen LogP) is 0.545. The van der Waals surface area contributed by atoms with Crippen LogP contribution in [-0.4, -0.2) is 37.6 Å². The van der Waals surface area contributed by atoms with Gasteiger partial charge in [-0.15, -0.1) is 5.10 Å². The Balaban J connectivity index is 1.44. The van der Waals surface area contributed by atoms with Gasteiger partial charge in [0, 0.05) is 31.7 Å². The highest BCUT2D eigenvalue weighted by molar-refractivity contribution is 4.73. The van der Waals surface area contributed by atoms with Gasteiger partial charge in [-0.05, 0) is 25.9 Å². The molecule has 0 aliphatic rings. The van der Waals surface area contributed by atoms with Gasteiger partial charge in [0.05, 0.1) is 12.5 Å². The first kappa shape index (κ1) is 11.8. The summed E-state index contributed by atoms with van der Waals surface area (Å²) in [5.41, 5.74) is 0. The highest BCUT2D eigenvalue weighted by Crippen LogP contribution is 1.90. The highest BCUT2D eigenvalue weighted by atomic mass is 15.4. The van der Waals surface area contributed by atoms with Crippen LogP contribution in [0.15, 0.2) is 31.1 Å². The van der Waals surface area contributed by atoms with E-state index in [0.29, 0.717) is 0 Å². The molecule has 0 saturated heterocycles. The summed E-state index contributed by atoms with van der Waals surface area (Å²) in [6, 6.07) is 0. The van der Waals surface area contributed by atoms with Crippen molar-refractivity contribution in [3.63, 3.8) is 0 Å². The third-order valence-electron chi connectivity index (χ3n) is 2.54. The number of nitrogens with one attached hydrogen (secondary N) is 1. The second-order valence-electron chi connectivity index (χ2n) is 3.92. The molecule has 0 radical (unpaired) electrons. The maximum Gasteiger partial charge on any atom is 0.0945 e. The molecule has 0 amide bonds. The van der Waals surface area contributed by atoms with Crippen molar-refractivity contribution in [2.24, 2.45) is 0 Å². The Bertz CT molecular complexity index is 342. The summed E-state index contributed by atoms with van der Waals surface area (Å²) in [7, 11) is 0. The second-order valence-corrected chi connectivity index (χ2v) is 3.92. The first-order valence-corrected chi connectivity index (χ1v) is 5.96. The van der Waals surface area contributed by atoms with Gasteiger partial charge >= 0.3 is 0 Å². The van der Waals surface area contributed by atoms with Gasteiger partial charge in [0.25, 0.3) is 0 Å². The summed E-state index contributed by atoms with van der Waals surface area (Å²) >= 11 is 0. The van der Waals surface area contributed by atoms with Crippen LogP contribution in [0.3, 0.4) is 0 Å². The molecule has 2 aromatic rings. The normalized spacial score (nSPS) is 10.8. The minimum absolute atomic E-state index is 0.925. The molecule has 0 fully saturated rings. The summed E-state index contributed by atoms with van der Waals surface area (Å²) in [6.07, 6.45) is 11.5. The zero-order chi connectivity index (χ0) is 11.8. The van der Waals surface area contributed by atoms with E-state index in [9.17, 15) is 0 Å².